The number of nitrogens with zero attached hydrogens (tertiary/aromatic N) is 5. The minimum absolute atomic E-state index is 0.105. The number of nitriles is 1. The number of nitrogens with one attached hydrogen (secondary N) is 1. The van der Waals surface area contributed by atoms with Gasteiger partial charge in [0.2, 0.25) is 0 Å². The Labute approximate surface area is 170 Å². The molecule has 0 atom stereocenters. The maximum atomic E-state index is 13.3. The minimum atomic E-state index is -0.495. The lowest BCUT2D eigenvalue weighted by atomic mass is 10.1. The van der Waals surface area contributed by atoms with E-state index < -0.39 is 5.91 Å². The van der Waals surface area contributed by atoms with Gasteiger partial charge in [-0.1, -0.05) is 13.0 Å². The second-order valence-electron chi connectivity index (χ2n) is 6.99. The van der Waals surface area contributed by atoms with E-state index >= 15 is 0 Å². The number of piperazine rings is 1. The predicted octanol–water partition coefficient (Wildman–Crippen LogP) is 1.19. The fourth-order valence-corrected chi connectivity index (χ4v) is 3.49. The maximum absolute atomic E-state index is 13.3. The average Bonchev–Trinajstić information content (AvgIpc) is 2.74. The molecule has 0 bridgehead atoms. The summed E-state index contributed by atoms with van der Waals surface area (Å²) in [5.41, 5.74) is 1.34. The normalized spacial score (nSPS) is 15.4. The first-order chi connectivity index (χ1) is 14.0. The molecule has 8 nitrogen and oxygen atoms in total. The molecular weight excluding hydrogens is 368 g/mol. The van der Waals surface area contributed by atoms with E-state index in [0.29, 0.717) is 18.0 Å². The van der Waals surface area contributed by atoms with Gasteiger partial charge in [-0.3, -0.25) is 14.0 Å². The summed E-state index contributed by atoms with van der Waals surface area (Å²) in [6.07, 6.45) is 3.03. The van der Waals surface area contributed by atoms with Crippen LogP contribution in [0.2, 0.25) is 0 Å². The summed E-state index contributed by atoms with van der Waals surface area (Å²) in [5, 5.41) is 12.1. The van der Waals surface area contributed by atoms with Gasteiger partial charge in [0.05, 0.1) is 5.56 Å². The third-order valence-electron chi connectivity index (χ3n) is 5.17. The van der Waals surface area contributed by atoms with Crippen LogP contribution in [0.3, 0.4) is 0 Å². The van der Waals surface area contributed by atoms with E-state index in [1.54, 1.807) is 19.2 Å². The van der Waals surface area contributed by atoms with E-state index in [4.69, 9.17) is 4.98 Å². The highest BCUT2D eigenvalue weighted by molar-refractivity contribution is 6.02. The highest BCUT2D eigenvalue weighted by Gasteiger charge is 2.23. The number of amides is 1. The Morgan fingerprint density at radius 1 is 1.31 bits per heavy atom. The van der Waals surface area contributed by atoms with Crippen LogP contribution in [0.5, 0.6) is 0 Å². The zero-order valence-electron chi connectivity index (χ0n) is 17.1. The maximum Gasteiger partial charge on any atom is 0.267 e. The molecule has 1 N–H and O–H groups in total. The molecule has 29 heavy (non-hydrogen) atoms. The molecule has 2 aromatic heterocycles. The molecular formula is C21H26N6O2. The predicted molar refractivity (Wildman–Crippen MR) is 113 cm³/mol. The van der Waals surface area contributed by atoms with Crippen LogP contribution < -0.4 is 15.8 Å². The van der Waals surface area contributed by atoms with Gasteiger partial charge in [-0.05, 0) is 38.1 Å². The van der Waals surface area contributed by atoms with Gasteiger partial charge in [0.1, 0.15) is 23.1 Å². The van der Waals surface area contributed by atoms with Crippen molar-refractivity contribution in [1.82, 2.24) is 19.6 Å². The van der Waals surface area contributed by atoms with Gasteiger partial charge >= 0.3 is 0 Å². The first kappa shape index (κ1) is 20.6. The number of rotatable bonds is 5. The summed E-state index contributed by atoms with van der Waals surface area (Å²) in [6.45, 7) is 10.4. The Hall–Kier alpha value is -3.18. The summed E-state index contributed by atoms with van der Waals surface area (Å²) >= 11 is 0. The van der Waals surface area contributed by atoms with E-state index in [1.165, 1.54) is 10.5 Å². The van der Waals surface area contributed by atoms with Gasteiger partial charge in [-0.2, -0.15) is 5.26 Å². The molecule has 0 aromatic carbocycles. The molecule has 3 rings (SSSR count). The van der Waals surface area contributed by atoms with Crippen LogP contribution in [0.4, 0.5) is 5.82 Å². The zero-order valence-corrected chi connectivity index (χ0v) is 17.1. The molecule has 0 spiro atoms. The number of hydrogen-bond donors (Lipinski definition) is 1. The Morgan fingerprint density at radius 3 is 2.66 bits per heavy atom. The molecule has 0 radical (unpaired) electrons. The minimum Gasteiger partial charge on any atom is -0.353 e. The number of pyridine rings is 1. The van der Waals surface area contributed by atoms with E-state index in [1.807, 2.05) is 19.1 Å². The highest BCUT2D eigenvalue weighted by Crippen LogP contribution is 2.21. The van der Waals surface area contributed by atoms with E-state index in [2.05, 4.69) is 22.0 Å². The lowest BCUT2D eigenvalue weighted by Crippen LogP contribution is -2.47. The molecule has 1 fully saturated rings. The van der Waals surface area contributed by atoms with E-state index in [-0.39, 0.29) is 16.7 Å². The van der Waals surface area contributed by atoms with Crippen molar-refractivity contribution in [1.29, 1.82) is 5.26 Å². The van der Waals surface area contributed by atoms with Crippen molar-refractivity contribution in [3.8, 4) is 6.07 Å². The second kappa shape index (κ2) is 8.88. The number of carbonyl (C=O) groups is 1. The molecule has 2 aromatic rings. The third kappa shape index (κ3) is 4.15. The number of anilines is 1. The van der Waals surface area contributed by atoms with Crippen molar-refractivity contribution in [3.63, 3.8) is 0 Å². The Balaban J connectivity index is 2.19. The molecule has 1 aliphatic heterocycles. The number of aryl methyl sites for hydroxylation is 1. The van der Waals surface area contributed by atoms with Gasteiger partial charge in [0.15, 0.2) is 0 Å². The molecule has 0 unspecified atom stereocenters. The molecule has 0 aliphatic carbocycles. The molecule has 3 heterocycles. The number of hydrogen-bond acceptors (Lipinski definition) is 6. The number of aromatic nitrogens is 2. The summed E-state index contributed by atoms with van der Waals surface area (Å²) < 4.78 is 1.47. The summed E-state index contributed by atoms with van der Waals surface area (Å²) in [5.74, 6) is 0.0302. The van der Waals surface area contributed by atoms with Gasteiger partial charge in [0, 0.05) is 38.9 Å². The van der Waals surface area contributed by atoms with Gasteiger partial charge in [0.25, 0.3) is 11.5 Å². The fourth-order valence-electron chi connectivity index (χ4n) is 3.49. The molecule has 8 heteroatoms. The lowest BCUT2D eigenvalue weighted by Gasteiger charge is -2.35. The summed E-state index contributed by atoms with van der Waals surface area (Å²) in [4.78, 5) is 34.7. The number of carbonyl (C=O) groups excluding carboxylic acids is 1. The summed E-state index contributed by atoms with van der Waals surface area (Å²) in [7, 11) is 0. The van der Waals surface area contributed by atoms with Crippen molar-refractivity contribution < 1.29 is 4.79 Å². The third-order valence-corrected chi connectivity index (χ3v) is 5.17. The quantitative estimate of drug-likeness (QED) is 0.605. The van der Waals surface area contributed by atoms with E-state index in [9.17, 15) is 14.9 Å². The summed E-state index contributed by atoms with van der Waals surface area (Å²) in [6, 6.07) is 5.61. The lowest BCUT2D eigenvalue weighted by molar-refractivity contribution is -0.116. The van der Waals surface area contributed by atoms with Crippen LogP contribution in [0.25, 0.3) is 11.7 Å². The van der Waals surface area contributed by atoms with Crippen LogP contribution >= 0.6 is 0 Å². The largest absolute Gasteiger partial charge is 0.353 e. The van der Waals surface area contributed by atoms with Crippen LogP contribution in [0.1, 0.15) is 25.0 Å². The van der Waals surface area contributed by atoms with Crippen LogP contribution in [0.15, 0.2) is 28.7 Å². The fraction of sp³-hybridized carbons (Fsp3) is 0.429. The SMILES string of the molecule is CCNC(=O)C(C#N)=Cc1c(N2CCN(CC)CC2)nc2c(C)cccn2c1=O. The Bertz CT molecular complexity index is 1040. The second-order valence-corrected chi connectivity index (χ2v) is 6.99. The van der Waals surface area contributed by atoms with Crippen molar-refractivity contribution >= 4 is 23.4 Å². The first-order valence-corrected chi connectivity index (χ1v) is 9.89. The van der Waals surface area contributed by atoms with Crippen molar-refractivity contribution in [2.45, 2.75) is 20.8 Å². The van der Waals surface area contributed by atoms with Crippen LogP contribution in [0, 0.1) is 18.3 Å². The highest BCUT2D eigenvalue weighted by atomic mass is 16.1. The Morgan fingerprint density at radius 2 is 2.03 bits per heavy atom. The van der Waals surface area contributed by atoms with Gasteiger partial charge in [-0.25, -0.2) is 4.98 Å². The monoisotopic (exact) mass is 394 g/mol. The first-order valence-electron chi connectivity index (χ1n) is 9.89. The zero-order chi connectivity index (χ0) is 21.0. The van der Waals surface area contributed by atoms with Crippen LogP contribution in [-0.2, 0) is 4.79 Å². The van der Waals surface area contributed by atoms with Crippen molar-refractivity contribution in [2.24, 2.45) is 0 Å². The van der Waals surface area contributed by atoms with Gasteiger partial charge < -0.3 is 15.1 Å². The van der Waals surface area contributed by atoms with Crippen molar-refractivity contribution in [2.75, 3.05) is 44.2 Å². The molecule has 152 valence electrons. The van der Waals surface area contributed by atoms with E-state index in [0.717, 1.165) is 38.3 Å². The molecule has 1 aliphatic rings. The molecule has 1 amide bonds. The van der Waals surface area contributed by atoms with Gasteiger partial charge in [-0.15, -0.1) is 0 Å². The Kier molecular flexibility index (Phi) is 6.29. The number of fused-ring (bicyclic) bond motifs is 1. The topological polar surface area (TPSA) is 93.7 Å². The molecule has 0 saturated carbocycles. The number of likely N-dealkylation sites (N-methyl/N-ethyl adjacent to an activating group) is 2. The standard InChI is InChI=1S/C21H26N6O2/c1-4-23-20(28)16(14-22)13-17-19(26-11-9-25(5-2)10-12-26)24-18-15(3)7-6-8-27(18)21(17)29/h6-8,13H,4-5,9-12H2,1-3H3,(H,23,28). The van der Waals surface area contributed by atoms with Crippen molar-refractivity contribution in [3.05, 3.63) is 45.4 Å². The smallest absolute Gasteiger partial charge is 0.267 e. The molecule has 1 saturated heterocycles. The van der Waals surface area contributed by atoms with Crippen LogP contribution in [-0.4, -0.2) is 59.5 Å². The average molecular weight is 394 g/mol.